The summed E-state index contributed by atoms with van der Waals surface area (Å²) in [5.41, 5.74) is 2.52. The number of piperidine rings is 1. The summed E-state index contributed by atoms with van der Waals surface area (Å²) in [5.74, 6) is 0. The number of aliphatic hydroxyl groups excluding tert-OH is 1. The van der Waals surface area contributed by atoms with E-state index < -0.39 is 0 Å². The number of hydrogen-bond donors (Lipinski definition) is 1. The lowest BCUT2D eigenvalue weighted by Gasteiger charge is -2.48. The average molecular weight is 392 g/mol. The van der Waals surface area contributed by atoms with Gasteiger partial charge in [-0.2, -0.15) is 5.10 Å². The van der Waals surface area contributed by atoms with Crippen LogP contribution in [0.4, 0.5) is 0 Å². The largest absolute Gasteiger partial charge is 0.396 e. The van der Waals surface area contributed by atoms with Crippen LogP contribution in [0.5, 0.6) is 0 Å². The number of nitrogens with zero attached hydrogens (tertiary/aromatic N) is 5. The van der Waals surface area contributed by atoms with Crippen molar-refractivity contribution in [3.8, 4) is 0 Å². The Morgan fingerprint density at radius 1 is 1.18 bits per heavy atom. The zero-order valence-corrected chi connectivity index (χ0v) is 18.5. The van der Waals surface area contributed by atoms with E-state index in [2.05, 4.69) is 58.4 Å². The van der Waals surface area contributed by atoms with E-state index in [0.29, 0.717) is 18.1 Å². The van der Waals surface area contributed by atoms with Crippen molar-refractivity contribution in [2.24, 2.45) is 0 Å². The van der Waals surface area contributed by atoms with Crippen LogP contribution in [0.1, 0.15) is 57.7 Å². The molecule has 0 amide bonds. The molecule has 0 saturated carbocycles. The number of likely N-dealkylation sites (tertiary alicyclic amines) is 1. The summed E-state index contributed by atoms with van der Waals surface area (Å²) in [4.78, 5) is 7.89. The minimum atomic E-state index is 0.285. The van der Waals surface area contributed by atoms with Crippen molar-refractivity contribution in [2.75, 3.05) is 39.3 Å². The molecule has 2 saturated heterocycles. The Hall–Kier alpha value is -0.950. The number of aromatic nitrogens is 2. The highest BCUT2D eigenvalue weighted by molar-refractivity contribution is 5.15. The fourth-order valence-corrected chi connectivity index (χ4v) is 5.00. The normalized spacial score (nSPS) is 23.7. The number of aryl methyl sites for hydroxylation is 2. The van der Waals surface area contributed by atoms with Crippen LogP contribution in [0.2, 0.25) is 0 Å². The van der Waals surface area contributed by atoms with Crippen LogP contribution in [-0.2, 0) is 13.1 Å². The van der Waals surface area contributed by atoms with Gasteiger partial charge in [0.15, 0.2) is 0 Å². The second-order valence-corrected chi connectivity index (χ2v) is 9.00. The third-order valence-electron chi connectivity index (χ3n) is 6.67. The lowest BCUT2D eigenvalue weighted by molar-refractivity contribution is -0.0000823. The van der Waals surface area contributed by atoms with Crippen molar-refractivity contribution in [1.29, 1.82) is 0 Å². The van der Waals surface area contributed by atoms with Gasteiger partial charge in [-0.15, -0.1) is 0 Å². The van der Waals surface area contributed by atoms with Crippen LogP contribution in [0.25, 0.3) is 0 Å². The number of hydrogen-bond acceptors (Lipinski definition) is 5. The molecule has 0 radical (unpaired) electrons. The molecule has 1 atom stereocenters. The molecule has 2 aliphatic rings. The minimum absolute atomic E-state index is 0.285. The summed E-state index contributed by atoms with van der Waals surface area (Å²) in [6.45, 7) is 16.9. The Labute approximate surface area is 171 Å². The topological polar surface area (TPSA) is 47.8 Å². The maximum absolute atomic E-state index is 9.67. The zero-order valence-electron chi connectivity index (χ0n) is 18.5. The second-order valence-electron chi connectivity index (χ2n) is 9.00. The molecule has 1 aromatic heterocycles. The molecule has 6 nitrogen and oxygen atoms in total. The van der Waals surface area contributed by atoms with Crippen LogP contribution < -0.4 is 0 Å². The fourth-order valence-electron chi connectivity index (χ4n) is 5.00. The first-order chi connectivity index (χ1) is 13.5. The molecule has 0 aliphatic carbocycles. The van der Waals surface area contributed by atoms with Gasteiger partial charge in [0.05, 0.1) is 5.69 Å². The van der Waals surface area contributed by atoms with Crippen molar-refractivity contribution in [3.63, 3.8) is 0 Å². The molecule has 0 aromatic carbocycles. The van der Waals surface area contributed by atoms with E-state index in [1.807, 2.05) is 0 Å². The molecule has 0 spiro atoms. The average Bonchev–Trinajstić information content (AvgIpc) is 3.02. The van der Waals surface area contributed by atoms with Crippen molar-refractivity contribution in [1.82, 2.24) is 24.5 Å². The van der Waals surface area contributed by atoms with Gasteiger partial charge in [-0.3, -0.25) is 14.5 Å². The minimum Gasteiger partial charge on any atom is -0.396 e. The maximum Gasteiger partial charge on any atom is 0.0638 e. The van der Waals surface area contributed by atoms with Gasteiger partial charge in [-0.05, 0) is 59.5 Å². The highest BCUT2D eigenvalue weighted by atomic mass is 16.3. The van der Waals surface area contributed by atoms with E-state index in [4.69, 9.17) is 0 Å². The summed E-state index contributed by atoms with van der Waals surface area (Å²) in [7, 11) is 0. The third kappa shape index (κ3) is 5.35. The van der Waals surface area contributed by atoms with Gasteiger partial charge in [0.2, 0.25) is 0 Å². The molecular weight excluding hydrogens is 350 g/mol. The summed E-state index contributed by atoms with van der Waals surface area (Å²) in [5, 5.41) is 14.3. The monoisotopic (exact) mass is 391 g/mol. The third-order valence-corrected chi connectivity index (χ3v) is 6.67. The van der Waals surface area contributed by atoms with Crippen LogP contribution >= 0.6 is 0 Å². The van der Waals surface area contributed by atoms with Gasteiger partial charge < -0.3 is 10.0 Å². The summed E-state index contributed by atoms with van der Waals surface area (Å²) in [6.07, 6.45) is 6.77. The van der Waals surface area contributed by atoms with E-state index in [9.17, 15) is 5.11 Å². The Kier molecular flexibility index (Phi) is 7.92. The predicted molar refractivity (Wildman–Crippen MR) is 114 cm³/mol. The van der Waals surface area contributed by atoms with E-state index in [-0.39, 0.29) is 6.61 Å². The number of piperazine rings is 1. The Morgan fingerprint density at radius 2 is 1.93 bits per heavy atom. The lowest BCUT2D eigenvalue weighted by atomic mass is 9.97. The van der Waals surface area contributed by atoms with Gasteiger partial charge in [-0.1, -0.05) is 6.92 Å². The fraction of sp³-hybridized carbons (Fsp3) is 0.864. The molecule has 2 fully saturated rings. The Morgan fingerprint density at radius 3 is 2.57 bits per heavy atom. The zero-order chi connectivity index (χ0) is 20.1. The smallest absolute Gasteiger partial charge is 0.0638 e. The van der Waals surface area contributed by atoms with E-state index in [1.165, 1.54) is 31.5 Å². The number of aliphatic hydroxyl groups is 1. The van der Waals surface area contributed by atoms with Crippen LogP contribution in [0.15, 0.2) is 6.20 Å². The Bertz CT molecular complexity index is 594. The predicted octanol–water partition coefficient (Wildman–Crippen LogP) is 2.34. The van der Waals surface area contributed by atoms with Gasteiger partial charge in [0.1, 0.15) is 0 Å². The first-order valence-corrected chi connectivity index (χ1v) is 11.4. The van der Waals surface area contributed by atoms with Crippen molar-refractivity contribution >= 4 is 0 Å². The highest BCUT2D eigenvalue weighted by Gasteiger charge is 2.34. The molecule has 0 unspecified atom stereocenters. The van der Waals surface area contributed by atoms with Gasteiger partial charge in [0.25, 0.3) is 0 Å². The van der Waals surface area contributed by atoms with E-state index in [1.54, 1.807) is 0 Å². The molecule has 6 heteroatoms. The molecule has 3 heterocycles. The molecule has 0 bridgehead atoms. The first-order valence-electron chi connectivity index (χ1n) is 11.4. The SMILES string of the molecule is CCCn1cc(CN2CCN(C3CCN(C(C)C)CC3)[C@H](CCO)C2)c(C)n1. The number of rotatable bonds is 8. The van der Waals surface area contributed by atoms with Gasteiger partial charge >= 0.3 is 0 Å². The van der Waals surface area contributed by atoms with Crippen LogP contribution in [-0.4, -0.2) is 87.0 Å². The molecule has 3 rings (SSSR count). The first kappa shape index (κ1) is 21.8. The molecular formula is C22H41N5O. The molecule has 1 N–H and O–H groups in total. The summed E-state index contributed by atoms with van der Waals surface area (Å²) >= 11 is 0. The lowest BCUT2D eigenvalue weighted by Crippen LogP contribution is -2.58. The van der Waals surface area contributed by atoms with Crippen molar-refractivity contribution < 1.29 is 5.11 Å². The Balaban J connectivity index is 1.58. The van der Waals surface area contributed by atoms with Gasteiger partial charge in [-0.25, -0.2) is 0 Å². The second kappa shape index (κ2) is 10.2. The van der Waals surface area contributed by atoms with E-state index in [0.717, 1.165) is 51.3 Å². The van der Waals surface area contributed by atoms with Crippen LogP contribution in [0.3, 0.4) is 0 Å². The molecule has 160 valence electrons. The van der Waals surface area contributed by atoms with Gasteiger partial charge in [0, 0.05) is 69.2 Å². The van der Waals surface area contributed by atoms with E-state index >= 15 is 0 Å². The molecule has 28 heavy (non-hydrogen) atoms. The highest BCUT2D eigenvalue weighted by Crippen LogP contribution is 2.25. The molecule has 2 aliphatic heterocycles. The van der Waals surface area contributed by atoms with Crippen LogP contribution in [0, 0.1) is 6.92 Å². The van der Waals surface area contributed by atoms with Crippen molar-refractivity contribution in [3.05, 3.63) is 17.5 Å². The summed E-state index contributed by atoms with van der Waals surface area (Å²) < 4.78 is 2.09. The maximum atomic E-state index is 9.67. The quantitative estimate of drug-likeness (QED) is 0.737. The molecule has 1 aromatic rings. The summed E-state index contributed by atoms with van der Waals surface area (Å²) in [6, 6.07) is 1.81. The van der Waals surface area contributed by atoms with Crippen molar-refractivity contribution in [2.45, 2.75) is 84.6 Å². The standard InChI is InChI=1S/C22H41N5O/c1-5-9-26-16-20(19(4)23-26)15-24-12-13-27(22(17-24)8-14-28)21-6-10-25(11-7-21)18(2)3/h16,18,21-22,28H,5-15,17H2,1-4H3/t22-/m1/s1.